The van der Waals surface area contributed by atoms with Crippen molar-refractivity contribution in [2.24, 2.45) is 5.41 Å². The average Bonchev–Trinajstić information content (AvgIpc) is 2.70. The van der Waals surface area contributed by atoms with Gasteiger partial charge in [-0.05, 0) is 32.7 Å². The highest BCUT2D eigenvalue weighted by Crippen LogP contribution is 2.28. The highest BCUT2D eigenvalue weighted by atomic mass is 32.2. The molecule has 0 aliphatic carbocycles. The first kappa shape index (κ1) is 18.1. The maximum Gasteiger partial charge on any atom is 0.244 e. The van der Waals surface area contributed by atoms with Crippen molar-refractivity contribution in [1.29, 1.82) is 0 Å². The molecule has 0 amide bonds. The Hall–Kier alpha value is -0.920. The molecule has 1 aromatic heterocycles. The van der Waals surface area contributed by atoms with Crippen molar-refractivity contribution in [2.45, 2.75) is 58.0 Å². The van der Waals surface area contributed by atoms with Crippen LogP contribution >= 0.6 is 0 Å². The zero-order chi connectivity index (χ0) is 16.3. The number of rotatable bonds is 7. The molecule has 0 fully saturated rings. The quantitative estimate of drug-likeness (QED) is 0.801. The van der Waals surface area contributed by atoms with E-state index in [0.29, 0.717) is 6.54 Å². The Kier molecular flexibility index (Phi) is 5.57. The molecule has 0 saturated carbocycles. The van der Waals surface area contributed by atoms with Crippen molar-refractivity contribution in [2.75, 3.05) is 13.6 Å². The smallest absolute Gasteiger partial charge is 0.244 e. The van der Waals surface area contributed by atoms with Gasteiger partial charge >= 0.3 is 0 Å². The fourth-order valence-corrected chi connectivity index (χ4v) is 3.98. The van der Waals surface area contributed by atoms with E-state index in [1.807, 2.05) is 20.9 Å². The highest BCUT2D eigenvalue weighted by molar-refractivity contribution is 7.89. The first-order chi connectivity index (χ1) is 9.45. The molecule has 2 N–H and O–H groups in total. The van der Waals surface area contributed by atoms with Crippen molar-refractivity contribution < 1.29 is 8.42 Å². The second-order valence-corrected chi connectivity index (χ2v) is 8.95. The normalized spacial score (nSPS) is 13.6. The molecule has 0 aliphatic heterocycles. The van der Waals surface area contributed by atoms with Gasteiger partial charge in [-0.25, -0.2) is 13.1 Å². The topological polar surface area (TPSA) is 76.0 Å². The third-order valence-corrected chi connectivity index (χ3v) is 4.55. The highest BCUT2D eigenvalue weighted by Gasteiger charge is 2.31. The number of nitrogens with zero attached hydrogens (tertiary/aromatic N) is 2. The van der Waals surface area contributed by atoms with Crippen LogP contribution in [0.15, 0.2) is 17.3 Å². The molecule has 1 rings (SSSR count). The predicted octanol–water partition coefficient (Wildman–Crippen LogP) is 1.60. The maximum atomic E-state index is 12.4. The largest absolute Gasteiger partial charge is 0.318 e. The number of aromatic nitrogens is 2. The summed E-state index contributed by atoms with van der Waals surface area (Å²) < 4.78 is 29.3. The predicted molar refractivity (Wildman–Crippen MR) is 84.6 cm³/mol. The van der Waals surface area contributed by atoms with Crippen LogP contribution in [0, 0.1) is 5.41 Å². The first-order valence-electron chi connectivity index (χ1n) is 7.16. The molecule has 0 spiro atoms. The molecule has 1 heterocycles. The third-order valence-electron chi connectivity index (χ3n) is 2.89. The fraction of sp³-hybridized carbons (Fsp3) is 0.786. The summed E-state index contributed by atoms with van der Waals surface area (Å²) in [5, 5.41) is 7.08. The lowest BCUT2D eigenvalue weighted by molar-refractivity contribution is 0.269. The Morgan fingerprint density at radius 2 is 1.86 bits per heavy atom. The second kappa shape index (κ2) is 6.46. The number of hydrogen-bond donors (Lipinski definition) is 2. The van der Waals surface area contributed by atoms with E-state index in [2.05, 4.69) is 35.9 Å². The van der Waals surface area contributed by atoms with E-state index >= 15 is 0 Å². The van der Waals surface area contributed by atoms with Gasteiger partial charge < -0.3 is 5.32 Å². The van der Waals surface area contributed by atoms with E-state index in [-0.39, 0.29) is 10.3 Å². The summed E-state index contributed by atoms with van der Waals surface area (Å²) in [6, 6.07) is 0. The van der Waals surface area contributed by atoms with Gasteiger partial charge in [-0.1, -0.05) is 20.8 Å². The molecule has 0 aliphatic rings. The second-order valence-electron chi connectivity index (χ2n) is 7.27. The number of nitrogens with one attached hydrogen (secondary N) is 2. The van der Waals surface area contributed by atoms with Gasteiger partial charge in [-0.3, -0.25) is 4.68 Å². The summed E-state index contributed by atoms with van der Waals surface area (Å²) in [6.45, 7) is 11.5. The van der Waals surface area contributed by atoms with Crippen LogP contribution in [0.3, 0.4) is 0 Å². The Morgan fingerprint density at radius 1 is 1.24 bits per heavy atom. The Labute approximate surface area is 128 Å². The Balaban J connectivity index is 2.83. The van der Waals surface area contributed by atoms with Gasteiger partial charge in [0.05, 0.1) is 12.7 Å². The summed E-state index contributed by atoms with van der Waals surface area (Å²) in [5.74, 6) is 0. The molecule has 0 aromatic carbocycles. The SMILES string of the molecule is CNCCn1cc(S(=O)(=O)NC(C)(C)CC(C)(C)C)cn1. The lowest BCUT2D eigenvalue weighted by Gasteiger charge is -2.32. The molecular formula is C14H28N4O2S. The van der Waals surface area contributed by atoms with Crippen molar-refractivity contribution >= 4 is 10.0 Å². The Bertz CT molecular complexity index is 556. The molecular weight excluding hydrogens is 288 g/mol. The molecule has 6 nitrogen and oxygen atoms in total. The Morgan fingerprint density at radius 3 is 2.38 bits per heavy atom. The number of likely N-dealkylation sites (N-methyl/N-ethyl adjacent to an activating group) is 1. The van der Waals surface area contributed by atoms with Crippen LogP contribution in [0.1, 0.15) is 41.0 Å². The van der Waals surface area contributed by atoms with E-state index in [4.69, 9.17) is 0 Å². The van der Waals surface area contributed by atoms with Crippen LogP contribution in [-0.4, -0.2) is 37.3 Å². The van der Waals surface area contributed by atoms with Gasteiger partial charge in [0, 0.05) is 18.3 Å². The average molecular weight is 316 g/mol. The lowest BCUT2D eigenvalue weighted by atomic mass is 9.82. The lowest BCUT2D eigenvalue weighted by Crippen LogP contribution is -2.45. The van der Waals surface area contributed by atoms with E-state index in [1.165, 1.54) is 6.20 Å². The third kappa shape index (κ3) is 6.15. The van der Waals surface area contributed by atoms with Crippen molar-refractivity contribution in [1.82, 2.24) is 19.8 Å². The fourth-order valence-electron chi connectivity index (χ4n) is 2.62. The molecule has 122 valence electrons. The first-order valence-corrected chi connectivity index (χ1v) is 8.65. The standard InChI is InChI=1S/C14H28N4O2S/c1-13(2,3)11-14(4,5)17-21(19,20)12-9-16-18(10-12)8-7-15-6/h9-10,15,17H,7-8,11H2,1-6H3. The monoisotopic (exact) mass is 316 g/mol. The number of sulfonamides is 1. The van der Waals surface area contributed by atoms with E-state index in [9.17, 15) is 8.42 Å². The molecule has 21 heavy (non-hydrogen) atoms. The number of hydrogen-bond acceptors (Lipinski definition) is 4. The summed E-state index contributed by atoms with van der Waals surface area (Å²) in [6.07, 6.45) is 3.70. The van der Waals surface area contributed by atoms with Crippen molar-refractivity contribution in [3.05, 3.63) is 12.4 Å². The molecule has 0 bridgehead atoms. The molecule has 0 radical (unpaired) electrons. The van der Waals surface area contributed by atoms with E-state index in [0.717, 1.165) is 13.0 Å². The zero-order valence-electron chi connectivity index (χ0n) is 13.9. The minimum absolute atomic E-state index is 0.0446. The zero-order valence-corrected chi connectivity index (χ0v) is 14.7. The summed E-state index contributed by atoms with van der Waals surface area (Å²) in [4.78, 5) is 0.209. The summed E-state index contributed by atoms with van der Waals surface area (Å²) in [7, 11) is -1.70. The van der Waals surface area contributed by atoms with Gasteiger partial charge in [0.2, 0.25) is 10.0 Å². The van der Waals surface area contributed by atoms with Crippen LogP contribution in [0.25, 0.3) is 0 Å². The van der Waals surface area contributed by atoms with Crippen LogP contribution in [-0.2, 0) is 16.6 Å². The minimum atomic E-state index is -3.55. The summed E-state index contributed by atoms with van der Waals surface area (Å²) >= 11 is 0. The molecule has 1 aromatic rings. The van der Waals surface area contributed by atoms with E-state index < -0.39 is 15.6 Å². The molecule has 7 heteroatoms. The van der Waals surface area contributed by atoms with Crippen LogP contribution in [0.2, 0.25) is 0 Å². The van der Waals surface area contributed by atoms with Crippen LogP contribution in [0.5, 0.6) is 0 Å². The van der Waals surface area contributed by atoms with Gasteiger partial charge in [-0.15, -0.1) is 0 Å². The van der Waals surface area contributed by atoms with Crippen LogP contribution in [0.4, 0.5) is 0 Å². The molecule has 0 atom stereocenters. The van der Waals surface area contributed by atoms with Gasteiger partial charge in [0.15, 0.2) is 0 Å². The maximum absolute atomic E-state index is 12.4. The summed E-state index contributed by atoms with van der Waals surface area (Å²) in [5.41, 5.74) is -0.465. The molecule has 0 unspecified atom stereocenters. The van der Waals surface area contributed by atoms with Gasteiger partial charge in [0.1, 0.15) is 4.90 Å². The van der Waals surface area contributed by atoms with Crippen molar-refractivity contribution in [3.63, 3.8) is 0 Å². The van der Waals surface area contributed by atoms with E-state index in [1.54, 1.807) is 10.9 Å². The minimum Gasteiger partial charge on any atom is -0.318 e. The van der Waals surface area contributed by atoms with Gasteiger partial charge in [-0.2, -0.15) is 5.10 Å². The van der Waals surface area contributed by atoms with Gasteiger partial charge in [0.25, 0.3) is 0 Å². The van der Waals surface area contributed by atoms with Crippen molar-refractivity contribution in [3.8, 4) is 0 Å². The van der Waals surface area contributed by atoms with Crippen LogP contribution < -0.4 is 10.0 Å². The molecule has 0 saturated heterocycles.